The normalized spacial score (nSPS) is 20.0. The summed E-state index contributed by atoms with van der Waals surface area (Å²) in [4.78, 5) is 34.2. The lowest BCUT2D eigenvalue weighted by atomic mass is 10.0. The van der Waals surface area contributed by atoms with Crippen molar-refractivity contribution in [3.05, 3.63) is 31.7 Å². The van der Waals surface area contributed by atoms with Crippen molar-refractivity contribution in [3.8, 4) is 0 Å². The van der Waals surface area contributed by atoms with Crippen LogP contribution in [0, 0.1) is 0 Å². The van der Waals surface area contributed by atoms with Gasteiger partial charge in [-0.05, 0) is 26.2 Å². The molecule has 0 spiro atoms. The lowest BCUT2D eigenvalue weighted by molar-refractivity contribution is 0.390. The second-order valence-electron chi connectivity index (χ2n) is 5.47. The lowest BCUT2D eigenvalue weighted by Crippen LogP contribution is -2.57. The Morgan fingerprint density at radius 3 is 2.24 bits per heavy atom. The number of aromatic nitrogens is 2. The number of hydrogen-bond donors (Lipinski definition) is 0. The first-order chi connectivity index (χ1) is 10.0. The zero-order chi connectivity index (χ0) is 15.6. The zero-order valence-corrected chi connectivity index (χ0v) is 13.3. The summed E-state index contributed by atoms with van der Waals surface area (Å²) in [6.07, 6.45) is 3.29. The Balaban J connectivity index is 2.87. The summed E-state index contributed by atoms with van der Waals surface area (Å²) in [5.41, 5.74) is -0.664. The van der Waals surface area contributed by atoms with E-state index in [0.29, 0.717) is 23.9 Å². The summed E-state index contributed by atoms with van der Waals surface area (Å²) in [5, 5.41) is 0.361. The predicted molar refractivity (Wildman–Crippen MR) is 81.2 cm³/mol. The Morgan fingerprint density at radius 2 is 1.71 bits per heavy atom. The second kappa shape index (κ2) is 5.95. The number of rotatable bonds is 6. The average Bonchev–Trinajstić information content (AvgIpc) is 2.85. The van der Waals surface area contributed by atoms with E-state index in [9.17, 15) is 9.59 Å². The quantitative estimate of drug-likeness (QED) is 0.770. The first kappa shape index (κ1) is 15.7. The van der Waals surface area contributed by atoms with Gasteiger partial charge >= 0.3 is 5.69 Å². The van der Waals surface area contributed by atoms with Crippen LogP contribution >= 0.6 is 0 Å². The summed E-state index contributed by atoms with van der Waals surface area (Å²) in [7, 11) is 0. The van der Waals surface area contributed by atoms with Crippen molar-refractivity contribution in [1.29, 1.82) is 0 Å². The van der Waals surface area contributed by atoms with Gasteiger partial charge in [0.05, 0.1) is 0 Å². The Bertz CT molecular complexity index is 760. The van der Waals surface area contributed by atoms with Crippen molar-refractivity contribution < 1.29 is 0 Å². The van der Waals surface area contributed by atoms with E-state index in [1.807, 2.05) is 13.8 Å². The van der Waals surface area contributed by atoms with E-state index in [-0.39, 0.29) is 11.2 Å². The summed E-state index contributed by atoms with van der Waals surface area (Å²) in [6, 6.07) is 0. The summed E-state index contributed by atoms with van der Waals surface area (Å²) < 4.78 is 2.86. The van der Waals surface area contributed by atoms with Crippen molar-refractivity contribution in [1.82, 2.24) is 9.13 Å². The molecule has 1 aliphatic rings. The van der Waals surface area contributed by atoms with E-state index in [4.69, 9.17) is 0 Å². The topological polar surface area (TPSA) is 68.7 Å². The molecular formula is C15H24N4O2. The Kier molecular flexibility index (Phi) is 4.44. The summed E-state index contributed by atoms with van der Waals surface area (Å²) >= 11 is 0. The highest BCUT2D eigenvalue weighted by Gasteiger charge is 2.31. The third-order valence-electron chi connectivity index (χ3n) is 3.99. The molecular weight excluding hydrogens is 268 g/mol. The molecule has 1 unspecified atom stereocenters. The van der Waals surface area contributed by atoms with Crippen LogP contribution in [0.4, 0.5) is 0 Å². The fourth-order valence-corrected chi connectivity index (χ4v) is 2.87. The Labute approximate surface area is 123 Å². The third kappa shape index (κ3) is 2.47. The maximum atomic E-state index is 12.5. The number of hydrogen-bond acceptors (Lipinski definition) is 4. The number of fused-ring (bicyclic) bond motifs is 1. The molecule has 1 aromatic rings. The molecule has 21 heavy (non-hydrogen) atoms. The van der Waals surface area contributed by atoms with Gasteiger partial charge in [0.25, 0.3) is 5.56 Å². The van der Waals surface area contributed by atoms with Gasteiger partial charge in [0.1, 0.15) is 0 Å². The van der Waals surface area contributed by atoms with Gasteiger partial charge in [-0.1, -0.05) is 27.2 Å². The van der Waals surface area contributed by atoms with E-state index in [2.05, 4.69) is 16.9 Å². The highest BCUT2D eigenvalue weighted by molar-refractivity contribution is 5.00. The fourth-order valence-electron chi connectivity index (χ4n) is 2.87. The molecule has 0 saturated heterocycles. The molecule has 1 atom stereocenters. The van der Waals surface area contributed by atoms with Crippen LogP contribution in [0.2, 0.25) is 0 Å². The van der Waals surface area contributed by atoms with Crippen LogP contribution in [0.15, 0.2) is 19.6 Å². The van der Waals surface area contributed by atoms with Crippen molar-refractivity contribution in [2.24, 2.45) is 9.98 Å². The van der Waals surface area contributed by atoms with Crippen LogP contribution in [0.5, 0.6) is 0 Å². The van der Waals surface area contributed by atoms with Gasteiger partial charge in [0.2, 0.25) is 0 Å². The molecule has 0 aliphatic carbocycles. The van der Waals surface area contributed by atoms with Crippen molar-refractivity contribution in [2.45, 2.75) is 72.1 Å². The first-order valence-corrected chi connectivity index (χ1v) is 7.87. The smallest absolute Gasteiger partial charge is 0.276 e. The standard InChI is InChI=1S/C15H24N4O2/c1-5-9-15(7-3)16-11-12(17-15)19(10-6-2)14(21)18(8-4)13(11)20/h5-10H2,1-4H3. The maximum absolute atomic E-state index is 12.5. The molecule has 0 aromatic carbocycles. The van der Waals surface area contributed by atoms with Gasteiger partial charge in [-0.2, -0.15) is 0 Å². The first-order valence-electron chi connectivity index (χ1n) is 7.87. The second-order valence-corrected chi connectivity index (χ2v) is 5.47. The highest BCUT2D eigenvalue weighted by atomic mass is 16.2. The highest BCUT2D eigenvalue weighted by Crippen LogP contribution is 2.23. The van der Waals surface area contributed by atoms with Crippen molar-refractivity contribution >= 4 is 0 Å². The minimum absolute atomic E-state index is 0.273. The van der Waals surface area contributed by atoms with E-state index in [1.54, 1.807) is 11.5 Å². The van der Waals surface area contributed by atoms with Gasteiger partial charge in [0.15, 0.2) is 16.5 Å². The number of nitrogens with zero attached hydrogens (tertiary/aromatic N) is 4. The zero-order valence-electron chi connectivity index (χ0n) is 13.3. The molecule has 6 nitrogen and oxygen atoms in total. The molecule has 0 bridgehead atoms. The SMILES string of the molecule is CCCn1c2c(c(=O)n(CC)c1=O)=NC(CC)(CCC)N=2. The van der Waals surface area contributed by atoms with Crippen LogP contribution in [0.1, 0.15) is 53.4 Å². The van der Waals surface area contributed by atoms with Gasteiger partial charge in [-0.25, -0.2) is 14.8 Å². The minimum Gasteiger partial charge on any atom is -0.276 e. The molecule has 2 heterocycles. The van der Waals surface area contributed by atoms with Gasteiger partial charge in [-0.3, -0.25) is 13.9 Å². The van der Waals surface area contributed by atoms with Crippen LogP contribution in [0.25, 0.3) is 0 Å². The van der Waals surface area contributed by atoms with Crippen molar-refractivity contribution in [3.63, 3.8) is 0 Å². The Morgan fingerprint density at radius 1 is 1.00 bits per heavy atom. The van der Waals surface area contributed by atoms with E-state index >= 15 is 0 Å². The molecule has 116 valence electrons. The molecule has 6 heteroatoms. The summed E-state index contributed by atoms with van der Waals surface area (Å²) in [6.45, 7) is 8.83. The molecule has 2 rings (SSSR count). The van der Waals surface area contributed by atoms with Gasteiger partial charge < -0.3 is 0 Å². The summed E-state index contributed by atoms with van der Waals surface area (Å²) in [5.74, 6) is 0. The molecule has 0 radical (unpaired) electrons. The van der Waals surface area contributed by atoms with Crippen LogP contribution in [-0.2, 0) is 13.1 Å². The minimum atomic E-state index is -0.564. The molecule has 0 N–H and O–H groups in total. The monoisotopic (exact) mass is 292 g/mol. The third-order valence-corrected chi connectivity index (χ3v) is 3.99. The van der Waals surface area contributed by atoms with E-state index in [0.717, 1.165) is 25.7 Å². The van der Waals surface area contributed by atoms with Crippen molar-refractivity contribution in [2.75, 3.05) is 0 Å². The molecule has 0 saturated carbocycles. The average molecular weight is 292 g/mol. The molecule has 0 fully saturated rings. The van der Waals surface area contributed by atoms with E-state index in [1.165, 1.54) is 4.57 Å². The van der Waals surface area contributed by atoms with Gasteiger partial charge in [-0.15, -0.1) is 0 Å². The van der Waals surface area contributed by atoms with Crippen LogP contribution < -0.4 is 22.1 Å². The van der Waals surface area contributed by atoms with Gasteiger partial charge in [0, 0.05) is 13.1 Å². The molecule has 1 aliphatic heterocycles. The van der Waals surface area contributed by atoms with Crippen LogP contribution in [0.3, 0.4) is 0 Å². The maximum Gasteiger partial charge on any atom is 0.332 e. The predicted octanol–water partition coefficient (Wildman–Crippen LogP) is 0.599. The molecule has 1 aromatic heterocycles. The van der Waals surface area contributed by atoms with E-state index < -0.39 is 5.66 Å². The largest absolute Gasteiger partial charge is 0.332 e. The van der Waals surface area contributed by atoms with Crippen LogP contribution in [-0.4, -0.2) is 14.8 Å². The lowest BCUT2D eigenvalue weighted by Gasteiger charge is -2.19. The fraction of sp³-hybridized carbons (Fsp3) is 0.733. The molecule has 0 amide bonds. The Hall–Kier alpha value is -1.72.